The summed E-state index contributed by atoms with van der Waals surface area (Å²) >= 11 is 5.88. The van der Waals surface area contributed by atoms with Gasteiger partial charge in [0.15, 0.2) is 0 Å². The standard InChI is InChI=1S/C12H15ClNO5P/c1-3-18-20(17,19-4-2)12(16)9-7-8(13)5-6-10(9)14-11(12)15/h5-7,16H,3-4H2,1-2H3,(H,14,15)/t12-/m1/s1. The number of amides is 1. The molecule has 20 heavy (non-hydrogen) atoms. The van der Waals surface area contributed by atoms with E-state index in [1.807, 2.05) is 0 Å². The van der Waals surface area contributed by atoms with E-state index in [2.05, 4.69) is 5.32 Å². The van der Waals surface area contributed by atoms with Crippen molar-refractivity contribution >= 4 is 30.8 Å². The van der Waals surface area contributed by atoms with E-state index in [-0.39, 0.29) is 18.8 Å². The van der Waals surface area contributed by atoms with E-state index in [9.17, 15) is 14.5 Å². The molecule has 0 saturated heterocycles. The summed E-state index contributed by atoms with van der Waals surface area (Å²) in [6.07, 6.45) is 0. The first kappa shape index (κ1) is 15.5. The number of carbonyl (C=O) groups is 1. The van der Waals surface area contributed by atoms with E-state index in [4.69, 9.17) is 20.6 Å². The second kappa shape index (κ2) is 5.47. The van der Waals surface area contributed by atoms with E-state index in [0.29, 0.717) is 10.7 Å². The molecule has 0 fully saturated rings. The molecule has 0 unspecified atom stereocenters. The number of rotatable bonds is 5. The Hall–Kier alpha value is -0.910. The highest BCUT2D eigenvalue weighted by Gasteiger charge is 2.61. The van der Waals surface area contributed by atoms with Gasteiger partial charge in [-0.05, 0) is 32.0 Å². The zero-order valence-corrected chi connectivity index (χ0v) is 12.7. The minimum absolute atomic E-state index is 0.0305. The molecule has 6 nitrogen and oxygen atoms in total. The third kappa shape index (κ3) is 2.18. The number of aliphatic hydroxyl groups is 1. The van der Waals surface area contributed by atoms with Gasteiger partial charge in [0, 0.05) is 16.3 Å². The largest absolute Gasteiger partial charge is 0.376 e. The van der Waals surface area contributed by atoms with Crippen molar-refractivity contribution in [1.82, 2.24) is 0 Å². The smallest absolute Gasteiger partial charge is 0.366 e. The average molecular weight is 320 g/mol. The van der Waals surface area contributed by atoms with Crippen molar-refractivity contribution in [2.45, 2.75) is 19.2 Å². The van der Waals surface area contributed by atoms with E-state index in [0.717, 1.165) is 0 Å². The molecule has 1 aliphatic heterocycles. The molecule has 2 N–H and O–H groups in total. The van der Waals surface area contributed by atoms with Crippen molar-refractivity contribution < 1.29 is 23.5 Å². The molecule has 2 rings (SSSR count). The second-order valence-corrected chi connectivity index (χ2v) is 6.74. The van der Waals surface area contributed by atoms with Crippen LogP contribution in [0.2, 0.25) is 5.02 Å². The van der Waals surface area contributed by atoms with Gasteiger partial charge in [-0.1, -0.05) is 11.6 Å². The summed E-state index contributed by atoms with van der Waals surface area (Å²) in [5, 5.41) is 11.1. The minimum atomic E-state index is -4.10. The first-order chi connectivity index (χ1) is 9.39. The zero-order chi connectivity index (χ0) is 15.0. The van der Waals surface area contributed by atoms with Crippen molar-refractivity contribution in [3.63, 3.8) is 0 Å². The highest BCUT2D eigenvalue weighted by Crippen LogP contribution is 2.66. The average Bonchev–Trinajstić information content (AvgIpc) is 2.64. The van der Waals surface area contributed by atoms with Gasteiger partial charge in [-0.3, -0.25) is 9.36 Å². The molecular formula is C12H15ClNO5P. The Labute approximate surface area is 121 Å². The molecule has 0 aliphatic carbocycles. The molecule has 0 bridgehead atoms. The van der Waals surface area contributed by atoms with Crippen LogP contribution in [0.3, 0.4) is 0 Å². The predicted molar refractivity (Wildman–Crippen MR) is 74.8 cm³/mol. The monoisotopic (exact) mass is 319 g/mol. The quantitative estimate of drug-likeness (QED) is 0.815. The lowest BCUT2D eigenvalue weighted by Gasteiger charge is -2.29. The summed E-state index contributed by atoms with van der Waals surface area (Å²) < 4.78 is 23.0. The first-order valence-electron chi connectivity index (χ1n) is 6.12. The summed E-state index contributed by atoms with van der Waals surface area (Å²) in [6.45, 7) is 3.26. The fourth-order valence-electron chi connectivity index (χ4n) is 2.08. The topological polar surface area (TPSA) is 84.9 Å². The Balaban J connectivity index is 2.61. The number of halogens is 1. The van der Waals surface area contributed by atoms with Crippen LogP contribution in [0.25, 0.3) is 0 Å². The van der Waals surface area contributed by atoms with Crippen molar-refractivity contribution in [2.24, 2.45) is 0 Å². The van der Waals surface area contributed by atoms with Gasteiger partial charge in [0.25, 0.3) is 11.2 Å². The Morgan fingerprint density at radius 2 is 1.95 bits per heavy atom. The molecule has 1 aromatic carbocycles. The number of hydrogen-bond donors (Lipinski definition) is 2. The van der Waals surface area contributed by atoms with Crippen LogP contribution in [0.1, 0.15) is 19.4 Å². The van der Waals surface area contributed by atoms with Gasteiger partial charge in [-0.2, -0.15) is 0 Å². The minimum Gasteiger partial charge on any atom is -0.366 e. The van der Waals surface area contributed by atoms with Gasteiger partial charge in [0.2, 0.25) is 0 Å². The molecular weight excluding hydrogens is 305 g/mol. The van der Waals surface area contributed by atoms with Gasteiger partial charge in [-0.15, -0.1) is 0 Å². The number of hydrogen-bond acceptors (Lipinski definition) is 5. The van der Waals surface area contributed by atoms with Crippen LogP contribution in [-0.4, -0.2) is 24.2 Å². The first-order valence-corrected chi connectivity index (χ1v) is 8.04. The van der Waals surface area contributed by atoms with E-state index in [1.165, 1.54) is 12.1 Å². The lowest BCUT2D eigenvalue weighted by molar-refractivity contribution is -0.128. The maximum absolute atomic E-state index is 12.8. The summed E-state index contributed by atoms with van der Waals surface area (Å²) in [5.41, 5.74) is 0.432. The predicted octanol–water partition coefficient (Wildman–Crippen LogP) is 2.70. The lowest BCUT2D eigenvalue weighted by Crippen LogP contribution is -2.35. The third-order valence-corrected chi connectivity index (χ3v) is 5.58. The molecule has 0 aromatic heterocycles. The van der Waals surface area contributed by atoms with Gasteiger partial charge in [-0.25, -0.2) is 0 Å². The fourth-order valence-corrected chi connectivity index (χ4v) is 4.17. The molecule has 1 heterocycles. The Morgan fingerprint density at radius 3 is 2.50 bits per heavy atom. The molecule has 0 spiro atoms. The normalized spacial score (nSPS) is 21.7. The molecule has 1 aromatic rings. The van der Waals surface area contributed by atoms with Crippen molar-refractivity contribution in [1.29, 1.82) is 0 Å². The molecule has 8 heteroatoms. The van der Waals surface area contributed by atoms with Crippen LogP contribution >= 0.6 is 19.2 Å². The van der Waals surface area contributed by atoms with E-state index >= 15 is 0 Å². The maximum Gasteiger partial charge on any atom is 0.376 e. The second-order valence-electron chi connectivity index (χ2n) is 4.15. The molecule has 0 radical (unpaired) electrons. The summed E-state index contributed by atoms with van der Waals surface area (Å²) in [6, 6.07) is 4.45. The summed E-state index contributed by atoms with van der Waals surface area (Å²) in [4.78, 5) is 12.1. The van der Waals surface area contributed by atoms with Gasteiger partial charge in [0.05, 0.1) is 13.2 Å². The van der Waals surface area contributed by atoms with Gasteiger partial charge < -0.3 is 19.5 Å². The highest BCUT2D eigenvalue weighted by molar-refractivity contribution is 7.56. The van der Waals surface area contributed by atoms with Crippen LogP contribution in [0.4, 0.5) is 5.69 Å². The number of fused-ring (bicyclic) bond motifs is 1. The van der Waals surface area contributed by atoms with Crippen LogP contribution in [0, 0.1) is 0 Å². The summed E-state index contributed by atoms with van der Waals surface area (Å²) in [5.74, 6) is -0.847. The SMILES string of the molecule is CCOP(=O)(OCC)[C@@]1(O)C(=O)Nc2ccc(Cl)cc21. The highest BCUT2D eigenvalue weighted by atomic mass is 35.5. The number of nitrogens with one attached hydrogen (secondary N) is 1. The molecule has 1 aliphatic rings. The Bertz CT molecular complexity index is 583. The number of anilines is 1. The van der Waals surface area contributed by atoms with Gasteiger partial charge in [0.1, 0.15) is 0 Å². The lowest BCUT2D eigenvalue weighted by atomic mass is 10.1. The van der Waals surface area contributed by atoms with Crippen LogP contribution in [-0.2, 0) is 23.7 Å². The van der Waals surface area contributed by atoms with E-state index < -0.39 is 18.8 Å². The Morgan fingerprint density at radius 1 is 1.35 bits per heavy atom. The van der Waals surface area contributed by atoms with Crippen LogP contribution < -0.4 is 5.32 Å². The molecule has 0 saturated carbocycles. The number of benzene rings is 1. The van der Waals surface area contributed by atoms with E-state index in [1.54, 1.807) is 19.9 Å². The van der Waals surface area contributed by atoms with Crippen molar-refractivity contribution in [3.8, 4) is 0 Å². The third-order valence-electron chi connectivity index (χ3n) is 2.92. The Kier molecular flexibility index (Phi) is 4.23. The number of carbonyl (C=O) groups excluding carboxylic acids is 1. The van der Waals surface area contributed by atoms with Crippen LogP contribution in [0.5, 0.6) is 0 Å². The van der Waals surface area contributed by atoms with Gasteiger partial charge >= 0.3 is 7.60 Å². The van der Waals surface area contributed by atoms with Crippen molar-refractivity contribution in [2.75, 3.05) is 18.5 Å². The molecule has 110 valence electrons. The van der Waals surface area contributed by atoms with Crippen LogP contribution in [0.15, 0.2) is 18.2 Å². The molecule has 1 atom stereocenters. The van der Waals surface area contributed by atoms with Crippen molar-refractivity contribution in [3.05, 3.63) is 28.8 Å². The summed E-state index contributed by atoms with van der Waals surface area (Å²) in [7, 11) is -4.10. The fraction of sp³-hybridized carbons (Fsp3) is 0.417. The maximum atomic E-state index is 12.8. The molecule has 1 amide bonds. The zero-order valence-electron chi connectivity index (χ0n) is 11.1.